The molecule has 0 saturated heterocycles. The Balaban J connectivity index is 2.03. The number of nitro groups is 1. The number of hydrogen-bond donors (Lipinski definition) is 1. The molecule has 0 aliphatic heterocycles. The fourth-order valence-corrected chi connectivity index (χ4v) is 3.79. The van der Waals surface area contributed by atoms with Crippen molar-refractivity contribution in [3.05, 3.63) is 63.7 Å². The second kappa shape index (κ2) is 8.83. The molecule has 0 aliphatic rings. The summed E-state index contributed by atoms with van der Waals surface area (Å²) in [5.74, 6) is -0.332. The second-order valence-electron chi connectivity index (χ2n) is 6.53. The molecule has 0 aliphatic carbocycles. The minimum absolute atomic E-state index is 0.0834. The highest BCUT2D eigenvalue weighted by molar-refractivity contribution is 7.92. The Morgan fingerprint density at radius 1 is 1.14 bits per heavy atom. The van der Waals surface area contributed by atoms with Gasteiger partial charge in [-0.25, -0.2) is 8.42 Å². The number of para-hydroxylation sites is 1. The monoisotopic (exact) mass is 405 g/mol. The van der Waals surface area contributed by atoms with E-state index in [1.165, 1.54) is 16.4 Å². The maximum atomic E-state index is 12.2. The third-order valence-corrected chi connectivity index (χ3v) is 5.44. The van der Waals surface area contributed by atoms with E-state index in [1.807, 2.05) is 19.1 Å². The summed E-state index contributed by atoms with van der Waals surface area (Å²) in [6, 6.07) is 11.4. The van der Waals surface area contributed by atoms with Crippen LogP contribution in [0.3, 0.4) is 0 Å². The Kier molecular flexibility index (Phi) is 6.74. The average Bonchev–Trinajstić information content (AvgIpc) is 2.60. The van der Waals surface area contributed by atoms with Gasteiger partial charge in [-0.3, -0.25) is 19.2 Å². The number of nitrogens with one attached hydrogen (secondary N) is 1. The summed E-state index contributed by atoms with van der Waals surface area (Å²) in [7, 11) is -3.49. The van der Waals surface area contributed by atoms with Gasteiger partial charge in [0.1, 0.15) is 0 Å². The number of amides is 1. The molecule has 0 radical (unpaired) electrons. The van der Waals surface area contributed by atoms with Crippen molar-refractivity contribution in [2.75, 3.05) is 22.4 Å². The van der Waals surface area contributed by atoms with Gasteiger partial charge < -0.3 is 5.32 Å². The number of sulfonamides is 1. The SMILES string of the molecule is Cc1ccc([N+](=O)[O-])cc1NC(=O)CCCN(c1ccccc1C)S(C)(=O)=O. The zero-order chi connectivity index (χ0) is 20.9. The zero-order valence-electron chi connectivity index (χ0n) is 16.0. The molecule has 0 aromatic heterocycles. The van der Waals surface area contributed by atoms with Crippen LogP contribution in [0.5, 0.6) is 0 Å². The number of benzene rings is 2. The molecular formula is C19H23N3O5S. The molecule has 1 N–H and O–H groups in total. The van der Waals surface area contributed by atoms with E-state index < -0.39 is 14.9 Å². The highest BCUT2D eigenvalue weighted by atomic mass is 32.2. The highest BCUT2D eigenvalue weighted by Crippen LogP contribution is 2.24. The lowest BCUT2D eigenvalue weighted by Crippen LogP contribution is -2.32. The van der Waals surface area contributed by atoms with Crippen LogP contribution in [0.4, 0.5) is 17.1 Å². The first-order chi connectivity index (χ1) is 13.1. The van der Waals surface area contributed by atoms with Gasteiger partial charge in [0.15, 0.2) is 0 Å². The number of non-ortho nitro benzene ring substituents is 1. The first-order valence-electron chi connectivity index (χ1n) is 8.68. The molecule has 2 aromatic rings. The Hall–Kier alpha value is -2.94. The molecule has 2 aromatic carbocycles. The normalized spacial score (nSPS) is 11.1. The molecule has 0 unspecified atom stereocenters. The number of hydrogen-bond acceptors (Lipinski definition) is 5. The van der Waals surface area contributed by atoms with E-state index in [9.17, 15) is 23.3 Å². The summed E-state index contributed by atoms with van der Waals surface area (Å²) in [4.78, 5) is 22.6. The maximum Gasteiger partial charge on any atom is 0.271 e. The van der Waals surface area contributed by atoms with Gasteiger partial charge in [0.2, 0.25) is 15.9 Å². The van der Waals surface area contributed by atoms with Gasteiger partial charge in [0.25, 0.3) is 5.69 Å². The lowest BCUT2D eigenvalue weighted by atomic mass is 10.1. The van der Waals surface area contributed by atoms with E-state index >= 15 is 0 Å². The van der Waals surface area contributed by atoms with E-state index in [0.29, 0.717) is 23.4 Å². The molecule has 0 bridgehead atoms. The summed E-state index contributed by atoms with van der Waals surface area (Å²) in [5.41, 5.74) is 2.38. The predicted molar refractivity (Wildman–Crippen MR) is 109 cm³/mol. The molecule has 150 valence electrons. The largest absolute Gasteiger partial charge is 0.326 e. The smallest absolute Gasteiger partial charge is 0.271 e. The lowest BCUT2D eigenvalue weighted by molar-refractivity contribution is -0.384. The minimum Gasteiger partial charge on any atom is -0.326 e. The highest BCUT2D eigenvalue weighted by Gasteiger charge is 2.19. The molecule has 2 rings (SSSR count). The van der Waals surface area contributed by atoms with E-state index in [1.54, 1.807) is 25.1 Å². The van der Waals surface area contributed by atoms with Crippen molar-refractivity contribution in [1.82, 2.24) is 0 Å². The predicted octanol–water partition coefficient (Wildman–Crippen LogP) is 3.40. The second-order valence-corrected chi connectivity index (χ2v) is 8.44. The van der Waals surface area contributed by atoms with Crippen LogP contribution in [0.25, 0.3) is 0 Å². The van der Waals surface area contributed by atoms with Crippen LogP contribution in [-0.4, -0.2) is 32.0 Å². The molecule has 28 heavy (non-hydrogen) atoms. The minimum atomic E-state index is -3.49. The van der Waals surface area contributed by atoms with Gasteiger partial charge in [0, 0.05) is 25.1 Å². The molecule has 0 spiro atoms. The van der Waals surface area contributed by atoms with E-state index in [4.69, 9.17) is 0 Å². The summed E-state index contributed by atoms with van der Waals surface area (Å²) in [5, 5.41) is 13.5. The van der Waals surface area contributed by atoms with Crippen LogP contribution in [0, 0.1) is 24.0 Å². The molecule has 9 heteroatoms. The van der Waals surface area contributed by atoms with Crippen LogP contribution < -0.4 is 9.62 Å². The average molecular weight is 405 g/mol. The van der Waals surface area contributed by atoms with Crippen molar-refractivity contribution in [2.45, 2.75) is 26.7 Å². The standard InChI is InChI=1S/C19H23N3O5S/c1-14-10-11-16(22(24)25)13-17(14)20-19(23)9-6-12-21(28(3,26)27)18-8-5-4-7-15(18)2/h4-5,7-8,10-11,13H,6,9,12H2,1-3H3,(H,20,23). The zero-order valence-corrected chi connectivity index (χ0v) is 16.8. The summed E-state index contributed by atoms with van der Waals surface area (Å²) in [6.07, 6.45) is 1.52. The Bertz CT molecular complexity index is 989. The lowest BCUT2D eigenvalue weighted by Gasteiger charge is -2.24. The first-order valence-corrected chi connectivity index (χ1v) is 10.5. The molecule has 0 fully saturated rings. The summed E-state index contributed by atoms with van der Waals surface area (Å²) < 4.78 is 25.6. The third-order valence-electron chi connectivity index (χ3n) is 4.26. The molecule has 0 atom stereocenters. The Morgan fingerprint density at radius 3 is 2.43 bits per heavy atom. The van der Waals surface area contributed by atoms with E-state index in [2.05, 4.69) is 5.32 Å². The molecule has 8 nitrogen and oxygen atoms in total. The van der Waals surface area contributed by atoms with Crippen LogP contribution >= 0.6 is 0 Å². The van der Waals surface area contributed by atoms with Crippen molar-refractivity contribution in [2.24, 2.45) is 0 Å². The van der Waals surface area contributed by atoms with Gasteiger partial charge in [-0.15, -0.1) is 0 Å². The first kappa shape index (κ1) is 21.4. The number of carbonyl (C=O) groups is 1. The van der Waals surface area contributed by atoms with E-state index in [0.717, 1.165) is 11.8 Å². The number of carbonyl (C=O) groups excluding carboxylic acids is 1. The van der Waals surface area contributed by atoms with Gasteiger partial charge in [-0.05, 0) is 37.5 Å². The van der Waals surface area contributed by atoms with Crippen LogP contribution in [0.2, 0.25) is 0 Å². The Labute approximate surface area is 164 Å². The van der Waals surface area contributed by atoms with Gasteiger partial charge in [-0.1, -0.05) is 24.3 Å². The third kappa shape index (κ3) is 5.53. The van der Waals surface area contributed by atoms with Crippen LogP contribution in [0.15, 0.2) is 42.5 Å². The summed E-state index contributed by atoms with van der Waals surface area (Å²) in [6.45, 7) is 3.72. The number of anilines is 2. The van der Waals surface area contributed by atoms with Crippen molar-refractivity contribution in [3.8, 4) is 0 Å². The van der Waals surface area contributed by atoms with Gasteiger partial charge in [-0.2, -0.15) is 0 Å². The van der Waals surface area contributed by atoms with Gasteiger partial charge >= 0.3 is 0 Å². The molecule has 0 saturated carbocycles. The molecular weight excluding hydrogens is 382 g/mol. The van der Waals surface area contributed by atoms with Crippen molar-refractivity contribution in [3.63, 3.8) is 0 Å². The van der Waals surface area contributed by atoms with Crippen molar-refractivity contribution < 1.29 is 18.1 Å². The number of nitro benzene ring substituents is 1. The van der Waals surface area contributed by atoms with Gasteiger partial charge in [0.05, 0.1) is 22.6 Å². The van der Waals surface area contributed by atoms with Crippen LogP contribution in [0.1, 0.15) is 24.0 Å². The molecule has 0 heterocycles. The Morgan fingerprint density at radius 2 is 1.82 bits per heavy atom. The van der Waals surface area contributed by atoms with Crippen molar-refractivity contribution >= 4 is 33.0 Å². The van der Waals surface area contributed by atoms with Crippen molar-refractivity contribution in [1.29, 1.82) is 0 Å². The number of nitrogens with zero attached hydrogens (tertiary/aromatic N) is 2. The van der Waals surface area contributed by atoms with Crippen LogP contribution in [-0.2, 0) is 14.8 Å². The fraction of sp³-hybridized carbons (Fsp3) is 0.316. The fourth-order valence-electron chi connectivity index (χ4n) is 2.76. The molecule has 1 amide bonds. The number of aryl methyl sites for hydroxylation is 2. The summed E-state index contributed by atoms with van der Waals surface area (Å²) >= 11 is 0. The maximum absolute atomic E-state index is 12.2. The van der Waals surface area contributed by atoms with E-state index in [-0.39, 0.29) is 24.6 Å². The topological polar surface area (TPSA) is 110 Å². The quantitative estimate of drug-likeness (QED) is 0.535. The number of rotatable bonds is 8.